The van der Waals surface area contributed by atoms with Gasteiger partial charge >= 0.3 is 0 Å². The van der Waals surface area contributed by atoms with E-state index in [2.05, 4.69) is 12.2 Å². The summed E-state index contributed by atoms with van der Waals surface area (Å²) in [5.74, 6) is 0.511. The van der Waals surface area contributed by atoms with Crippen LogP contribution in [0, 0.1) is 0 Å². The molecule has 0 fully saturated rings. The van der Waals surface area contributed by atoms with Gasteiger partial charge in [-0.3, -0.25) is 0 Å². The van der Waals surface area contributed by atoms with Gasteiger partial charge in [0, 0.05) is 19.7 Å². The lowest BCUT2D eigenvalue weighted by molar-refractivity contribution is 0.0808. The number of methoxy groups -OCH3 is 1. The molecule has 0 bridgehead atoms. The second-order valence-electron chi connectivity index (χ2n) is 4.10. The molecule has 0 saturated carbocycles. The van der Waals surface area contributed by atoms with Crippen LogP contribution in [0.3, 0.4) is 0 Å². The highest BCUT2D eigenvalue weighted by atomic mass is 35.5. The predicted molar refractivity (Wildman–Crippen MR) is 80.9 cm³/mol. The molecule has 0 amide bonds. The van der Waals surface area contributed by atoms with Crippen molar-refractivity contribution in [1.82, 2.24) is 5.32 Å². The molecule has 108 valence electrons. The maximum absolute atomic E-state index is 6.08. The summed E-state index contributed by atoms with van der Waals surface area (Å²) in [6, 6.07) is 3.19. The molecular formula is C13H18Cl3NO2. The molecule has 0 aliphatic heterocycles. The summed E-state index contributed by atoms with van der Waals surface area (Å²) in [4.78, 5) is 0. The van der Waals surface area contributed by atoms with Crippen LogP contribution in [0.5, 0.6) is 5.75 Å². The topological polar surface area (TPSA) is 30.5 Å². The normalized spacial score (nSPS) is 12.5. The van der Waals surface area contributed by atoms with Crippen molar-refractivity contribution in [3.8, 4) is 5.75 Å². The van der Waals surface area contributed by atoms with E-state index in [9.17, 15) is 0 Å². The SMILES string of the molecule is CCCNCC(COC)Oc1cc(Cl)c(Cl)cc1Cl. The Morgan fingerprint density at radius 1 is 1.16 bits per heavy atom. The molecule has 0 aliphatic rings. The van der Waals surface area contributed by atoms with E-state index in [0.29, 0.717) is 34.0 Å². The van der Waals surface area contributed by atoms with Gasteiger partial charge in [0.25, 0.3) is 0 Å². The number of nitrogens with one attached hydrogen (secondary N) is 1. The molecule has 1 aromatic rings. The van der Waals surface area contributed by atoms with E-state index >= 15 is 0 Å². The minimum absolute atomic E-state index is 0.133. The van der Waals surface area contributed by atoms with Crippen LogP contribution in [0.4, 0.5) is 0 Å². The summed E-state index contributed by atoms with van der Waals surface area (Å²) in [6.45, 7) is 4.18. The summed E-state index contributed by atoms with van der Waals surface area (Å²) in [5.41, 5.74) is 0. The van der Waals surface area contributed by atoms with Crippen LogP contribution in [0.2, 0.25) is 15.1 Å². The minimum atomic E-state index is -0.133. The van der Waals surface area contributed by atoms with Gasteiger partial charge in [0.1, 0.15) is 11.9 Å². The van der Waals surface area contributed by atoms with Crippen LogP contribution in [0.15, 0.2) is 12.1 Å². The second-order valence-corrected chi connectivity index (χ2v) is 5.32. The van der Waals surface area contributed by atoms with Crippen LogP contribution in [0.25, 0.3) is 0 Å². The van der Waals surface area contributed by atoms with Gasteiger partial charge in [0.05, 0.1) is 21.7 Å². The van der Waals surface area contributed by atoms with Crippen molar-refractivity contribution in [2.45, 2.75) is 19.4 Å². The third-order valence-corrected chi connectivity index (χ3v) is 3.44. The van der Waals surface area contributed by atoms with Gasteiger partial charge in [0.15, 0.2) is 0 Å². The molecule has 19 heavy (non-hydrogen) atoms. The maximum atomic E-state index is 6.08. The van der Waals surface area contributed by atoms with E-state index in [1.807, 2.05) is 0 Å². The van der Waals surface area contributed by atoms with Crippen molar-refractivity contribution in [3.05, 3.63) is 27.2 Å². The average molecular weight is 327 g/mol. The molecule has 0 aliphatic carbocycles. The quantitative estimate of drug-likeness (QED) is 0.578. The third kappa shape index (κ3) is 5.76. The zero-order chi connectivity index (χ0) is 14.3. The van der Waals surface area contributed by atoms with Crippen LogP contribution >= 0.6 is 34.8 Å². The molecule has 1 unspecified atom stereocenters. The summed E-state index contributed by atoms with van der Waals surface area (Å²) >= 11 is 17.9. The monoisotopic (exact) mass is 325 g/mol. The van der Waals surface area contributed by atoms with Crippen molar-refractivity contribution < 1.29 is 9.47 Å². The first-order valence-corrected chi connectivity index (χ1v) is 7.22. The largest absolute Gasteiger partial charge is 0.485 e. The Bertz CT molecular complexity index is 402. The fraction of sp³-hybridized carbons (Fsp3) is 0.538. The minimum Gasteiger partial charge on any atom is -0.485 e. The molecular weight excluding hydrogens is 309 g/mol. The van der Waals surface area contributed by atoms with Crippen molar-refractivity contribution >= 4 is 34.8 Å². The predicted octanol–water partition coefficient (Wildman–Crippen LogP) is 4.04. The summed E-state index contributed by atoms with van der Waals surface area (Å²) in [7, 11) is 1.63. The van der Waals surface area contributed by atoms with Crippen molar-refractivity contribution in [1.29, 1.82) is 0 Å². The van der Waals surface area contributed by atoms with Gasteiger partial charge in [-0.05, 0) is 19.0 Å². The Balaban J connectivity index is 2.69. The lowest BCUT2D eigenvalue weighted by atomic mass is 10.3. The van der Waals surface area contributed by atoms with Crippen molar-refractivity contribution in [2.75, 3.05) is 26.8 Å². The first kappa shape index (κ1) is 16.9. The molecule has 1 rings (SSSR count). The van der Waals surface area contributed by atoms with E-state index < -0.39 is 0 Å². The van der Waals surface area contributed by atoms with Gasteiger partial charge in [-0.2, -0.15) is 0 Å². The molecule has 0 saturated heterocycles. The van der Waals surface area contributed by atoms with E-state index in [0.717, 1.165) is 13.0 Å². The fourth-order valence-corrected chi connectivity index (χ4v) is 2.12. The Morgan fingerprint density at radius 2 is 1.84 bits per heavy atom. The Hall–Kier alpha value is -0.190. The van der Waals surface area contributed by atoms with Crippen molar-refractivity contribution in [2.24, 2.45) is 0 Å². The van der Waals surface area contributed by atoms with Gasteiger partial charge in [0.2, 0.25) is 0 Å². The summed E-state index contributed by atoms with van der Waals surface area (Å²) in [6.07, 6.45) is 0.930. The molecule has 0 heterocycles. The Kier molecular flexibility index (Phi) is 7.88. The number of ether oxygens (including phenoxy) is 2. The van der Waals surface area contributed by atoms with Crippen LogP contribution in [-0.4, -0.2) is 32.9 Å². The highest BCUT2D eigenvalue weighted by molar-refractivity contribution is 6.43. The zero-order valence-electron chi connectivity index (χ0n) is 11.0. The van der Waals surface area contributed by atoms with Crippen molar-refractivity contribution in [3.63, 3.8) is 0 Å². The van der Waals surface area contributed by atoms with Gasteiger partial charge in [-0.1, -0.05) is 41.7 Å². The second kappa shape index (κ2) is 8.88. The molecule has 1 atom stereocenters. The highest BCUT2D eigenvalue weighted by Crippen LogP contribution is 2.34. The van der Waals surface area contributed by atoms with E-state index in [1.54, 1.807) is 19.2 Å². The standard InChI is InChI=1S/C13H18Cl3NO2/c1-3-4-17-7-9(8-18-2)19-13-6-11(15)10(14)5-12(13)16/h5-6,9,17H,3-4,7-8H2,1-2H3. The number of hydrogen-bond acceptors (Lipinski definition) is 3. The first-order valence-electron chi connectivity index (χ1n) is 6.09. The van der Waals surface area contributed by atoms with Gasteiger partial charge < -0.3 is 14.8 Å². The lowest BCUT2D eigenvalue weighted by Crippen LogP contribution is -2.35. The fourth-order valence-electron chi connectivity index (χ4n) is 1.53. The first-order chi connectivity index (χ1) is 9.08. The number of benzene rings is 1. The molecule has 1 aromatic carbocycles. The van der Waals surface area contributed by atoms with Gasteiger partial charge in [-0.25, -0.2) is 0 Å². The van der Waals surface area contributed by atoms with Crippen LogP contribution in [0.1, 0.15) is 13.3 Å². The van der Waals surface area contributed by atoms with E-state index in [-0.39, 0.29) is 6.10 Å². The van der Waals surface area contributed by atoms with Crippen LogP contribution < -0.4 is 10.1 Å². The van der Waals surface area contributed by atoms with E-state index in [1.165, 1.54) is 0 Å². The molecule has 0 spiro atoms. The molecule has 0 radical (unpaired) electrons. The lowest BCUT2D eigenvalue weighted by Gasteiger charge is -2.20. The number of halogens is 3. The summed E-state index contributed by atoms with van der Waals surface area (Å²) in [5, 5.41) is 4.54. The zero-order valence-corrected chi connectivity index (χ0v) is 13.3. The average Bonchev–Trinajstić information content (AvgIpc) is 2.36. The number of hydrogen-bond donors (Lipinski definition) is 1. The Morgan fingerprint density at radius 3 is 2.47 bits per heavy atom. The van der Waals surface area contributed by atoms with Gasteiger partial charge in [-0.15, -0.1) is 0 Å². The third-order valence-electron chi connectivity index (χ3n) is 2.42. The molecule has 1 N–H and O–H groups in total. The molecule has 0 aromatic heterocycles. The highest BCUT2D eigenvalue weighted by Gasteiger charge is 2.14. The smallest absolute Gasteiger partial charge is 0.140 e. The molecule has 3 nitrogen and oxygen atoms in total. The van der Waals surface area contributed by atoms with Crippen LogP contribution in [-0.2, 0) is 4.74 Å². The molecule has 6 heteroatoms. The Labute approximate surface area is 129 Å². The maximum Gasteiger partial charge on any atom is 0.140 e. The number of rotatable bonds is 8. The van der Waals surface area contributed by atoms with E-state index in [4.69, 9.17) is 44.3 Å². The summed E-state index contributed by atoms with van der Waals surface area (Å²) < 4.78 is 10.9.